The highest BCUT2D eigenvalue weighted by Gasteiger charge is 1.94. The molecule has 0 rings (SSSR count). The van der Waals surface area contributed by atoms with Gasteiger partial charge in [0.05, 0.1) is 66.1 Å². The molecule has 2 N–H and O–H groups in total. The Labute approximate surface area is 139 Å². The van der Waals surface area contributed by atoms with Crippen LogP contribution in [0.4, 0.5) is 0 Å². The molecule has 23 heavy (non-hydrogen) atoms. The Morgan fingerprint density at radius 3 is 1.35 bits per heavy atom. The zero-order valence-electron chi connectivity index (χ0n) is 14.4. The average molecular weight is 336 g/mol. The highest BCUT2D eigenvalue weighted by molar-refractivity contribution is 5.72. The van der Waals surface area contributed by atoms with Crippen molar-refractivity contribution >= 4 is 5.91 Å². The molecule has 0 heterocycles. The quantitative estimate of drug-likeness (QED) is 0.324. The highest BCUT2D eigenvalue weighted by atomic mass is 16.6. The van der Waals surface area contributed by atoms with E-state index in [0.717, 1.165) is 6.54 Å². The maximum absolute atomic E-state index is 10.6. The second-order valence-electron chi connectivity index (χ2n) is 4.65. The molecule has 0 aromatic rings. The normalized spacial score (nSPS) is 10.9. The SMILES string of the molecule is CNCCOCCOCCOCCOCCOCCNC(C)=O. The second-order valence-corrected chi connectivity index (χ2v) is 4.65. The zero-order valence-corrected chi connectivity index (χ0v) is 14.4. The zero-order chi connectivity index (χ0) is 17.0. The molecule has 138 valence electrons. The molecule has 0 saturated carbocycles. The Bertz CT molecular complexity index is 256. The van der Waals surface area contributed by atoms with Crippen molar-refractivity contribution in [1.29, 1.82) is 0 Å². The summed E-state index contributed by atoms with van der Waals surface area (Å²) in [6, 6.07) is 0. The number of hydrogen-bond donors (Lipinski definition) is 2. The van der Waals surface area contributed by atoms with Gasteiger partial charge in [0.15, 0.2) is 0 Å². The molecule has 1 amide bonds. The van der Waals surface area contributed by atoms with E-state index in [1.54, 1.807) is 0 Å². The molecule has 0 aliphatic carbocycles. The van der Waals surface area contributed by atoms with Gasteiger partial charge in [0, 0.05) is 20.0 Å². The Balaban J connectivity index is 2.96. The van der Waals surface area contributed by atoms with E-state index in [1.807, 2.05) is 7.05 Å². The maximum Gasteiger partial charge on any atom is 0.216 e. The largest absolute Gasteiger partial charge is 0.378 e. The lowest BCUT2D eigenvalue weighted by atomic mass is 10.6. The lowest BCUT2D eigenvalue weighted by Crippen LogP contribution is -2.25. The van der Waals surface area contributed by atoms with Gasteiger partial charge in [-0.3, -0.25) is 4.79 Å². The van der Waals surface area contributed by atoms with E-state index >= 15 is 0 Å². The van der Waals surface area contributed by atoms with Gasteiger partial charge in [-0.15, -0.1) is 0 Å². The third-order valence-electron chi connectivity index (χ3n) is 2.60. The summed E-state index contributed by atoms with van der Waals surface area (Å²) in [6.07, 6.45) is 0. The van der Waals surface area contributed by atoms with E-state index in [9.17, 15) is 4.79 Å². The number of hydrogen-bond acceptors (Lipinski definition) is 7. The van der Waals surface area contributed by atoms with Crippen LogP contribution in [0.25, 0.3) is 0 Å². The molecule has 0 saturated heterocycles. The molecule has 0 spiro atoms. The summed E-state index contributed by atoms with van der Waals surface area (Å²) in [5.74, 6) is -0.0488. The van der Waals surface area contributed by atoms with Crippen LogP contribution in [0.1, 0.15) is 6.92 Å². The predicted octanol–water partition coefficient (Wildman–Crippen LogP) is -0.575. The van der Waals surface area contributed by atoms with Crippen LogP contribution in [0.15, 0.2) is 0 Å². The molecular weight excluding hydrogens is 304 g/mol. The van der Waals surface area contributed by atoms with Crippen molar-refractivity contribution in [2.75, 3.05) is 86.2 Å². The predicted molar refractivity (Wildman–Crippen MR) is 86.7 cm³/mol. The Hall–Kier alpha value is -0.770. The van der Waals surface area contributed by atoms with Gasteiger partial charge in [-0.1, -0.05) is 0 Å². The lowest BCUT2D eigenvalue weighted by molar-refractivity contribution is -0.119. The van der Waals surface area contributed by atoms with Gasteiger partial charge in [-0.05, 0) is 7.05 Å². The summed E-state index contributed by atoms with van der Waals surface area (Å²) in [4.78, 5) is 10.6. The molecular formula is C15H32N2O6. The fourth-order valence-corrected chi connectivity index (χ4v) is 1.46. The van der Waals surface area contributed by atoms with Crippen molar-refractivity contribution in [1.82, 2.24) is 10.6 Å². The topological polar surface area (TPSA) is 87.3 Å². The van der Waals surface area contributed by atoms with E-state index in [-0.39, 0.29) is 5.91 Å². The molecule has 0 unspecified atom stereocenters. The van der Waals surface area contributed by atoms with Gasteiger partial charge in [0.2, 0.25) is 5.91 Å². The molecule has 0 radical (unpaired) electrons. The smallest absolute Gasteiger partial charge is 0.216 e. The minimum absolute atomic E-state index is 0.0488. The van der Waals surface area contributed by atoms with Crippen molar-refractivity contribution in [3.63, 3.8) is 0 Å². The number of likely N-dealkylation sites (N-methyl/N-ethyl adjacent to an activating group) is 1. The number of carbonyl (C=O) groups is 1. The third kappa shape index (κ3) is 21.2. The highest BCUT2D eigenvalue weighted by Crippen LogP contribution is 1.83. The van der Waals surface area contributed by atoms with Gasteiger partial charge < -0.3 is 34.3 Å². The number of carbonyl (C=O) groups excluding carboxylic acids is 1. The first-order valence-corrected chi connectivity index (χ1v) is 8.05. The van der Waals surface area contributed by atoms with Crippen LogP contribution < -0.4 is 10.6 Å². The van der Waals surface area contributed by atoms with Crippen LogP contribution in [-0.4, -0.2) is 92.1 Å². The summed E-state index contributed by atoms with van der Waals surface area (Å²) in [5, 5.41) is 5.65. The van der Waals surface area contributed by atoms with E-state index < -0.39 is 0 Å². The summed E-state index contributed by atoms with van der Waals surface area (Å²) < 4.78 is 26.6. The molecule has 8 heteroatoms. The summed E-state index contributed by atoms with van der Waals surface area (Å²) in [5.41, 5.74) is 0. The van der Waals surface area contributed by atoms with Gasteiger partial charge in [0.1, 0.15) is 0 Å². The first kappa shape index (κ1) is 22.2. The van der Waals surface area contributed by atoms with Gasteiger partial charge in [0.25, 0.3) is 0 Å². The third-order valence-corrected chi connectivity index (χ3v) is 2.60. The van der Waals surface area contributed by atoms with Crippen LogP contribution in [-0.2, 0) is 28.5 Å². The number of rotatable bonds is 18. The summed E-state index contributed by atoms with van der Waals surface area (Å²) >= 11 is 0. The monoisotopic (exact) mass is 336 g/mol. The number of amides is 1. The van der Waals surface area contributed by atoms with Crippen molar-refractivity contribution < 1.29 is 28.5 Å². The minimum atomic E-state index is -0.0488. The first-order valence-electron chi connectivity index (χ1n) is 8.05. The standard InChI is InChI=1S/C15H32N2O6/c1-15(18)17-4-6-20-8-10-22-12-14-23-13-11-21-9-7-19-5-3-16-2/h16H,3-14H2,1-2H3,(H,17,18). The van der Waals surface area contributed by atoms with Gasteiger partial charge >= 0.3 is 0 Å². The van der Waals surface area contributed by atoms with Crippen molar-refractivity contribution in [2.24, 2.45) is 0 Å². The fourth-order valence-electron chi connectivity index (χ4n) is 1.46. The van der Waals surface area contributed by atoms with Crippen molar-refractivity contribution in [3.05, 3.63) is 0 Å². The number of ether oxygens (including phenoxy) is 5. The van der Waals surface area contributed by atoms with Gasteiger partial charge in [-0.2, -0.15) is 0 Å². The molecule has 0 aliphatic rings. The Morgan fingerprint density at radius 2 is 1.00 bits per heavy atom. The molecule has 0 fully saturated rings. The van der Waals surface area contributed by atoms with Crippen molar-refractivity contribution in [2.45, 2.75) is 6.92 Å². The Morgan fingerprint density at radius 1 is 0.652 bits per heavy atom. The van der Waals surface area contributed by atoms with E-state index in [1.165, 1.54) is 6.92 Å². The van der Waals surface area contributed by atoms with Gasteiger partial charge in [-0.25, -0.2) is 0 Å². The second kappa shape index (κ2) is 19.3. The molecule has 0 atom stereocenters. The van der Waals surface area contributed by atoms with E-state index in [2.05, 4.69) is 10.6 Å². The molecule has 0 bridgehead atoms. The van der Waals surface area contributed by atoms with Crippen LogP contribution in [0.2, 0.25) is 0 Å². The van der Waals surface area contributed by atoms with Crippen LogP contribution in [0, 0.1) is 0 Å². The van der Waals surface area contributed by atoms with Crippen LogP contribution in [0.3, 0.4) is 0 Å². The Kier molecular flexibility index (Phi) is 18.6. The maximum atomic E-state index is 10.6. The van der Waals surface area contributed by atoms with E-state index in [4.69, 9.17) is 23.7 Å². The summed E-state index contributed by atoms with van der Waals surface area (Å²) in [6.45, 7) is 8.44. The van der Waals surface area contributed by atoms with E-state index in [0.29, 0.717) is 72.6 Å². The lowest BCUT2D eigenvalue weighted by Gasteiger charge is -2.08. The molecule has 0 aromatic heterocycles. The molecule has 8 nitrogen and oxygen atoms in total. The summed E-state index contributed by atoms with van der Waals surface area (Å²) in [7, 11) is 1.89. The number of nitrogens with one attached hydrogen (secondary N) is 2. The minimum Gasteiger partial charge on any atom is -0.378 e. The first-order chi connectivity index (χ1) is 11.3. The average Bonchev–Trinajstić information content (AvgIpc) is 2.53. The molecule has 0 aromatic carbocycles. The van der Waals surface area contributed by atoms with Crippen molar-refractivity contribution in [3.8, 4) is 0 Å². The fraction of sp³-hybridized carbons (Fsp3) is 0.933. The molecule has 0 aliphatic heterocycles. The van der Waals surface area contributed by atoms with Crippen LogP contribution in [0.5, 0.6) is 0 Å². The van der Waals surface area contributed by atoms with Crippen LogP contribution >= 0.6 is 0 Å².